The summed E-state index contributed by atoms with van der Waals surface area (Å²) in [4.78, 5) is 15.7. The van der Waals surface area contributed by atoms with Gasteiger partial charge in [0.1, 0.15) is 5.75 Å². The Balaban J connectivity index is 1.59. The molecule has 0 fully saturated rings. The molecule has 0 aliphatic heterocycles. The normalized spacial score (nSPS) is 10.8. The average Bonchev–Trinajstić information content (AvgIpc) is 3.15. The Labute approximate surface area is 143 Å². The van der Waals surface area contributed by atoms with Crippen LogP contribution in [0.25, 0.3) is 6.08 Å². The van der Waals surface area contributed by atoms with Crippen molar-refractivity contribution in [2.45, 2.75) is 6.54 Å². The van der Waals surface area contributed by atoms with Gasteiger partial charge in [-0.15, -0.1) is 0 Å². The van der Waals surface area contributed by atoms with Gasteiger partial charge in [-0.1, -0.05) is 6.07 Å². The van der Waals surface area contributed by atoms with E-state index >= 15 is 0 Å². The van der Waals surface area contributed by atoms with Gasteiger partial charge in [-0.05, 0) is 42.0 Å². The number of H-pyrrole nitrogens is 1. The number of hydrogen-bond donors (Lipinski definition) is 2. The van der Waals surface area contributed by atoms with Crippen LogP contribution in [0.5, 0.6) is 11.5 Å². The summed E-state index contributed by atoms with van der Waals surface area (Å²) in [7, 11) is 0. The maximum absolute atomic E-state index is 14.1. The molecule has 2 heterocycles. The van der Waals surface area contributed by atoms with E-state index in [1.165, 1.54) is 30.5 Å². The molecule has 0 bridgehead atoms. The second-order valence-electron chi connectivity index (χ2n) is 5.11. The Bertz CT molecular complexity index is 864. The quantitative estimate of drug-likeness (QED) is 0.677. The molecule has 6 nitrogen and oxygen atoms in total. The number of aromatic amines is 1. The number of hydrogen-bond acceptors (Lipinski definition) is 4. The van der Waals surface area contributed by atoms with Crippen LogP contribution < -0.4 is 10.1 Å². The van der Waals surface area contributed by atoms with Gasteiger partial charge in [0.05, 0.1) is 18.4 Å². The average molecular weight is 338 g/mol. The fourth-order valence-corrected chi connectivity index (χ4v) is 2.03. The number of carbonyl (C=O) groups is 1. The van der Waals surface area contributed by atoms with Crippen LogP contribution in [0.3, 0.4) is 0 Å². The molecule has 25 heavy (non-hydrogen) atoms. The largest absolute Gasteiger partial charge is 0.453 e. The van der Waals surface area contributed by atoms with Crippen molar-refractivity contribution in [3.63, 3.8) is 0 Å². The first-order chi connectivity index (χ1) is 12.2. The molecule has 1 amide bonds. The van der Waals surface area contributed by atoms with Gasteiger partial charge < -0.3 is 10.1 Å². The van der Waals surface area contributed by atoms with Crippen LogP contribution in [0.4, 0.5) is 4.39 Å². The van der Waals surface area contributed by atoms with Gasteiger partial charge >= 0.3 is 0 Å². The van der Waals surface area contributed by atoms with Crippen molar-refractivity contribution in [1.82, 2.24) is 20.5 Å². The van der Waals surface area contributed by atoms with E-state index in [1.807, 2.05) is 0 Å². The van der Waals surface area contributed by atoms with Gasteiger partial charge in [0.15, 0.2) is 11.6 Å². The highest BCUT2D eigenvalue weighted by molar-refractivity contribution is 5.91. The van der Waals surface area contributed by atoms with E-state index in [0.29, 0.717) is 17.9 Å². The fraction of sp³-hybridized carbons (Fsp3) is 0.0556. The highest BCUT2D eigenvalue weighted by atomic mass is 19.1. The predicted octanol–water partition coefficient (Wildman–Crippen LogP) is 3.07. The van der Waals surface area contributed by atoms with Gasteiger partial charge in [0.25, 0.3) is 0 Å². The number of aromatic nitrogens is 3. The number of rotatable bonds is 6. The van der Waals surface area contributed by atoms with Crippen LogP contribution in [-0.2, 0) is 11.3 Å². The third kappa shape index (κ3) is 4.74. The predicted molar refractivity (Wildman–Crippen MR) is 90.2 cm³/mol. The first kappa shape index (κ1) is 16.4. The van der Waals surface area contributed by atoms with E-state index in [1.54, 1.807) is 36.7 Å². The second kappa shape index (κ2) is 7.87. The molecule has 1 aromatic carbocycles. The number of ether oxygens (including phenoxy) is 1. The Morgan fingerprint density at radius 2 is 2.20 bits per heavy atom. The van der Waals surface area contributed by atoms with Crippen LogP contribution in [-0.4, -0.2) is 21.1 Å². The van der Waals surface area contributed by atoms with Gasteiger partial charge in [0.2, 0.25) is 5.91 Å². The van der Waals surface area contributed by atoms with Crippen molar-refractivity contribution >= 4 is 12.0 Å². The molecule has 0 aliphatic carbocycles. The molecular formula is C18H15FN4O2. The summed E-state index contributed by atoms with van der Waals surface area (Å²) in [5.74, 6) is -0.272. The van der Waals surface area contributed by atoms with Gasteiger partial charge in [0, 0.05) is 18.5 Å². The van der Waals surface area contributed by atoms with E-state index in [2.05, 4.69) is 20.5 Å². The standard InChI is InChI=1S/C18H15FN4O2/c19-16-10-13(3-5-17(16)25-15-2-1-8-20-12-15)4-6-18(24)21-11-14-7-9-22-23-14/h1-10,12H,11H2,(H,21,24)(H,22,23)/b6-4+. The molecule has 0 aliphatic rings. The number of benzene rings is 1. The van der Waals surface area contributed by atoms with Crippen LogP contribution in [0.15, 0.2) is 61.1 Å². The molecule has 0 unspecified atom stereocenters. The van der Waals surface area contributed by atoms with Crippen molar-refractivity contribution in [2.24, 2.45) is 0 Å². The Kier molecular flexibility index (Phi) is 5.16. The molecule has 0 radical (unpaired) electrons. The van der Waals surface area contributed by atoms with Gasteiger partial charge in [-0.3, -0.25) is 14.9 Å². The molecule has 0 spiro atoms. The maximum atomic E-state index is 14.1. The van der Waals surface area contributed by atoms with Crippen molar-refractivity contribution < 1.29 is 13.9 Å². The van der Waals surface area contributed by atoms with Gasteiger partial charge in [-0.2, -0.15) is 5.10 Å². The molecule has 126 valence electrons. The smallest absolute Gasteiger partial charge is 0.244 e. The molecule has 2 aromatic heterocycles. The Hall–Kier alpha value is -3.48. The summed E-state index contributed by atoms with van der Waals surface area (Å²) in [6, 6.07) is 9.61. The summed E-state index contributed by atoms with van der Waals surface area (Å²) in [6.45, 7) is 0.343. The second-order valence-corrected chi connectivity index (χ2v) is 5.11. The summed E-state index contributed by atoms with van der Waals surface area (Å²) in [5.41, 5.74) is 1.34. The molecule has 0 saturated carbocycles. The first-order valence-electron chi connectivity index (χ1n) is 7.52. The highest BCUT2D eigenvalue weighted by Crippen LogP contribution is 2.24. The topological polar surface area (TPSA) is 79.9 Å². The van der Waals surface area contributed by atoms with Crippen molar-refractivity contribution in [2.75, 3.05) is 0 Å². The zero-order valence-corrected chi connectivity index (χ0v) is 13.1. The third-order valence-corrected chi connectivity index (χ3v) is 3.26. The van der Waals surface area contributed by atoms with E-state index in [0.717, 1.165) is 5.69 Å². The summed E-state index contributed by atoms with van der Waals surface area (Å²) in [6.07, 6.45) is 7.58. The monoisotopic (exact) mass is 338 g/mol. The molecular weight excluding hydrogens is 323 g/mol. The van der Waals surface area contributed by atoms with Crippen LogP contribution >= 0.6 is 0 Å². The van der Waals surface area contributed by atoms with Crippen LogP contribution in [0, 0.1) is 5.82 Å². The van der Waals surface area contributed by atoms with Crippen LogP contribution in [0.1, 0.15) is 11.3 Å². The summed E-state index contributed by atoms with van der Waals surface area (Å²) < 4.78 is 19.5. The van der Waals surface area contributed by atoms with E-state index in [4.69, 9.17) is 4.74 Å². The van der Waals surface area contributed by atoms with Crippen LogP contribution in [0.2, 0.25) is 0 Å². The highest BCUT2D eigenvalue weighted by Gasteiger charge is 2.05. The molecule has 3 aromatic rings. The lowest BCUT2D eigenvalue weighted by Crippen LogP contribution is -2.20. The molecule has 7 heteroatoms. The zero-order chi connectivity index (χ0) is 17.5. The fourth-order valence-electron chi connectivity index (χ4n) is 2.03. The number of amides is 1. The van der Waals surface area contributed by atoms with E-state index in [-0.39, 0.29) is 11.7 Å². The van der Waals surface area contributed by atoms with Crippen molar-refractivity contribution in [3.8, 4) is 11.5 Å². The Morgan fingerprint density at radius 1 is 1.28 bits per heavy atom. The molecule has 0 saturated heterocycles. The maximum Gasteiger partial charge on any atom is 0.244 e. The minimum atomic E-state index is -0.524. The van der Waals surface area contributed by atoms with Gasteiger partial charge in [-0.25, -0.2) is 4.39 Å². The number of carbonyl (C=O) groups excluding carboxylic acids is 1. The zero-order valence-electron chi connectivity index (χ0n) is 13.1. The number of nitrogens with one attached hydrogen (secondary N) is 2. The van der Waals surface area contributed by atoms with E-state index < -0.39 is 5.82 Å². The molecule has 0 atom stereocenters. The number of nitrogens with zero attached hydrogens (tertiary/aromatic N) is 2. The van der Waals surface area contributed by atoms with Crippen molar-refractivity contribution in [1.29, 1.82) is 0 Å². The summed E-state index contributed by atoms with van der Waals surface area (Å²) >= 11 is 0. The molecule has 2 N–H and O–H groups in total. The molecule has 3 rings (SSSR count). The van der Waals surface area contributed by atoms with E-state index in [9.17, 15) is 9.18 Å². The lowest BCUT2D eigenvalue weighted by Gasteiger charge is -2.06. The number of pyridine rings is 1. The summed E-state index contributed by atoms with van der Waals surface area (Å²) in [5, 5.41) is 9.22. The third-order valence-electron chi connectivity index (χ3n) is 3.26. The lowest BCUT2D eigenvalue weighted by molar-refractivity contribution is -0.116. The minimum absolute atomic E-state index is 0.0915. The number of halogens is 1. The van der Waals surface area contributed by atoms with Crippen molar-refractivity contribution in [3.05, 3.63) is 78.1 Å². The lowest BCUT2D eigenvalue weighted by atomic mass is 10.2. The minimum Gasteiger partial charge on any atom is -0.453 e. The first-order valence-corrected chi connectivity index (χ1v) is 7.52. The SMILES string of the molecule is O=C(/C=C/c1ccc(Oc2cccnc2)c(F)c1)NCc1ccn[nH]1. The Morgan fingerprint density at radius 3 is 2.92 bits per heavy atom.